The number of anilines is 1. The number of fused-ring (bicyclic) bond motifs is 5. The molecule has 1 aromatic carbocycles. The highest BCUT2D eigenvalue weighted by molar-refractivity contribution is 9.12. The molecule has 2 aliphatic carbocycles. The van der Waals surface area contributed by atoms with Crippen LogP contribution in [0.2, 0.25) is 0 Å². The molecular weight excluding hydrogens is 532 g/mol. The van der Waals surface area contributed by atoms with E-state index in [2.05, 4.69) is 37.2 Å². The second kappa shape index (κ2) is 8.31. The summed E-state index contributed by atoms with van der Waals surface area (Å²) in [6, 6.07) is 4.55. The number of ether oxygens (including phenoxy) is 1. The molecule has 7 nitrogen and oxygen atoms in total. The summed E-state index contributed by atoms with van der Waals surface area (Å²) in [7, 11) is 0. The number of esters is 1. The SMILES string of the molecule is Cc1cc(C)cc(NC(=O)COC(=O)[C@H](C)N2C(=O)[C@@H]3[C@H]4C[C@@H]([C@H](Br)[C@H]4Br)[C@@H]3C2=O)c1. The second-order valence-electron chi connectivity index (χ2n) is 8.76. The maximum absolute atomic E-state index is 13.0. The number of hydrogen-bond acceptors (Lipinski definition) is 5. The van der Waals surface area contributed by atoms with Gasteiger partial charge in [0.05, 0.1) is 11.8 Å². The van der Waals surface area contributed by atoms with Gasteiger partial charge in [-0.05, 0) is 62.3 Å². The van der Waals surface area contributed by atoms with Crippen LogP contribution in [0.15, 0.2) is 18.2 Å². The molecule has 4 rings (SSSR count). The maximum atomic E-state index is 13.0. The number of alkyl halides is 2. The van der Waals surface area contributed by atoms with Crippen molar-refractivity contribution in [3.05, 3.63) is 29.3 Å². The summed E-state index contributed by atoms with van der Waals surface area (Å²) in [5.41, 5.74) is 2.62. The van der Waals surface area contributed by atoms with E-state index in [0.29, 0.717) is 5.69 Å². The highest BCUT2D eigenvalue weighted by Crippen LogP contribution is 2.60. The van der Waals surface area contributed by atoms with Crippen molar-refractivity contribution in [3.8, 4) is 0 Å². The number of halogens is 2. The van der Waals surface area contributed by atoms with Gasteiger partial charge >= 0.3 is 5.97 Å². The summed E-state index contributed by atoms with van der Waals surface area (Å²) in [6.07, 6.45) is 0.823. The number of nitrogens with one attached hydrogen (secondary N) is 1. The Morgan fingerprint density at radius 3 is 2.10 bits per heavy atom. The molecular formula is C22H24Br2N2O5. The van der Waals surface area contributed by atoms with E-state index >= 15 is 0 Å². The first-order valence-corrected chi connectivity index (χ1v) is 12.1. The molecule has 0 aromatic heterocycles. The summed E-state index contributed by atoms with van der Waals surface area (Å²) in [5.74, 6) is -2.50. The van der Waals surface area contributed by atoms with Gasteiger partial charge in [0.2, 0.25) is 11.8 Å². The van der Waals surface area contributed by atoms with Gasteiger partial charge in [-0.1, -0.05) is 37.9 Å². The van der Waals surface area contributed by atoms with Crippen LogP contribution in [0.4, 0.5) is 5.69 Å². The number of carbonyl (C=O) groups excluding carboxylic acids is 4. The van der Waals surface area contributed by atoms with Crippen molar-refractivity contribution in [1.82, 2.24) is 4.90 Å². The first-order chi connectivity index (χ1) is 14.6. The zero-order valence-electron chi connectivity index (χ0n) is 17.4. The van der Waals surface area contributed by atoms with E-state index < -0.39 is 36.4 Å². The van der Waals surface area contributed by atoms with Crippen LogP contribution >= 0.6 is 31.9 Å². The average Bonchev–Trinajstić information content (AvgIpc) is 3.29. The number of imide groups is 1. The number of rotatable bonds is 5. The van der Waals surface area contributed by atoms with Gasteiger partial charge < -0.3 is 10.1 Å². The molecule has 3 aliphatic rings. The fourth-order valence-electron chi connectivity index (χ4n) is 5.36. The predicted octanol–water partition coefficient (Wildman–Crippen LogP) is 2.95. The monoisotopic (exact) mass is 554 g/mol. The molecule has 166 valence electrons. The van der Waals surface area contributed by atoms with E-state index in [9.17, 15) is 19.2 Å². The molecule has 31 heavy (non-hydrogen) atoms. The van der Waals surface area contributed by atoms with Crippen molar-refractivity contribution >= 4 is 61.2 Å². The van der Waals surface area contributed by atoms with E-state index in [4.69, 9.17) is 4.74 Å². The lowest BCUT2D eigenvalue weighted by Gasteiger charge is -2.28. The van der Waals surface area contributed by atoms with Crippen molar-refractivity contribution in [2.75, 3.05) is 11.9 Å². The smallest absolute Gasteiger partial charge is 0.329 e. The minimum atomic E-state index is -1.07. The van der Waals surface area contributed by atoms with Crippen LogP contribution < -0.4 is 5.32 Å². The van der Waals surface area contributed by atoms with Crippen LogP contribution in [-0.2, 0) is 23.9 Å². The minimum Gasteiger partial charge on any atom is -0.454 e. The third-order valence-electron chi connectivity index (χ3n) is 6.60. The standard InChI is InChI=1S/C22H24Br2N2O5/c1-9-4-10(2)6-12(5-9)25-15(27)8-31-22(30)11(3)26-20(28)16-13-7-14(17(16)21(26)29)19(24)18(13)23/h4-6,11,13-14,16-19H,7-8H2,1-3H3,(H,25,27)/t11-,13+,14+,16-,17+,18-,19-/m0/s1. The Morgan fingerprint density at radius 1 is 1.06 bits per heavy atom. The summed E-state index contributed by atoms with van der Waals surface area (Å²) in [5, 5.41) is 2.69. The van der Waals surface area contributed by atoms with Crippen molar-refractivity contribution in [1.29, 1.82) is 0 Å². The lowest BCUT2D eigenvalue weighted by molar-refractivity contribution is -0.159. The first-order valence-electron chi connectivity index (χ1n) is 10.3. The minimum absolute atomic E-state index is 0.0765. The Labute approximate surface area is 197 Å². The zero-order valence-corrected chi connectivity index (χ0v) is 20.6. The summed E-state index contributed by atoms with van der Waals surface area (Å²) < 4.78 is 5.13. The van der Waals surface area contributed by atoms with E-state index in [1.54, 1.807) is 0 Å². The van der Waals surface area contributed by atoms with Gasteiger partial charge in [0.25, 0.3) is 5.91 Å². The Bertz CT molecular complexity index is 915. The van der Waals surface area contributed by atoms with Crippen LogP contribution in [-0.4, -0.2) is 50.9 Å². The highest BCUT2D eigenvalue weighted by Gasteiger charge is 2.67. The molecule has 7 atom stereocenters. The van der Waals surface area contributed by atoms with Crippen molar-refractivity contribution in [3.63, 3.8) is 0 Å². The molecule has 1 aromatic rings. The molecule has 0 radical (unpaired) electrons. The Morgan fingerprint density at radius 2 is 1.58 bits per heavy atom. The third kappa shape index (κ3) is 3.84. The summed E-state index contributed by atoms with van der Waals surface area (Å²) >= 11 is 7.28. The highest BCUT2D eigenvalue weighted by atomic mass is 79.9. The fourth-order valence-corrected chi connectivity index (χ4v) is 7.23. The predicted molar refractivity (Wildman–Crippen MR) is 121 cm³/mol. The Balaban J connectivity index is 1.37. The van der Waals surface area contributed by atoms with Gasteiger partial charge in [-0.2, -0.15) is 0 Å². The molecule has 1 N–H and O–H groups in total. The van der Waals surface area contributed by atoms with Gasteiger partial charge in [-0.25, -0.2) is 4.79 Å². The van der Waals surface area contributed by atoms with Gasteiger partial charge in [-0.15, -0.1) is 0 Å². The molecule has 2 saturated carbocycles. The number of hydrogen-bond donors (Lipinski definition) is 1. The Kier molecular flexibility index (Phi) is 6.02. The fraction of sp³-hybridized carbons (Fsp3) is 0.545. The summed E-state index contributed by atoms with van der Waals surface area (Å²) in [6.45, 7) is 4.83. The molecule has 3 fully saturated rings. The van der Waals surface area contributed by atoms with Crippen LogP contribution in [0.25, 0.3) is 0 Å². The van der Waals surface area contributed by atoms with Crippen LogP contribution in [0.5, 0.6) is 0 Å². The number of benzene rings is 1. The number of likely N-dealkylation sites (tertiary alicyclic amines) is 1. The lowest BCUT2D eigenvalue weighted by Crippen LogP contribution is -2.45. The average molecular weight is 556 g/mol. The van der Waals surface area contributed by atoms with E-state index in [-0.39, 0.29) is 33.3 Å². The molecule has 0 spiro atoms. The van der Waals surface area contributed by atoms with Crippen LogP contribution in [0.1, 0.15) is 24.5 Å². The summed E-state index contributed by atoms with van der Waals surface area (Å²) in [4.78, 5) is 52.1. The number of nitrogens with zero attached hydrogens (tertiary/aromatic N) is 1. The number of carbonyl (C=O) groups is 4. The van der Waals surface area contributed by atoms with Gasteiger partial charge in [0, 0.05) is 15.3 Å². The van der Waals surface area contributed by atoms with Crippen LogP contribution in [0.3, 0.4) is 0 Å². The molecule has 3 amide bonds. The van der Waals surface area contributed by atoms with Crippen LogP contribution in [0, 0.1) is 37.5 Å². The molecule has 2 bridgehead atoms. The Hall–Kier alpha value is -1.74. The molecule has 1 heterocycles. The van der Waals surface area contributed by atoms with E-state index in [1.165, 1.54) is 6.92 Å². The second-order valence-corrected chi connectivity index (χ2v) is 10.9. The van der Waals surface area contributed by atoms with Crippen molar-refractivity contribution in [2.24, 2.45) is 23.7 Å². The van der Waals surface area contributed by atoms with Crippen molar-refractivity contribution in [2.45, 2.75) is 42.9 Å². The zero-order chi connectivity index (χ0) is 22.6. The largest absolute Gasteiger partial charge is 0.454 e. The van der Waals surface area contributed by atoms with Crippen molar-refractivity contribution < 1.29 is 23.9 Å². The van der Waals surface area contributed by atoms with E-state index in [1.807, 2.05) is 32.0 Å². The quantitative estimate of drug-likeness (QED) is 0.342. The van der Waals surface area contributed by atoms with Gasteiger partial charge in [0.1, 0.15) is 6.04 Å². The molecule has 0 unspecified atom stereocenters. The third-order valence-corrected chi connectivity index (χ3v) is 9.81. The van der Waals surface area contributed by atoms with Gasteiger partial charge in [0.15, 0.2) is 6.61 Å². The molecule has 1 aliphatic heterocycles. The number of amides is 3. The topological polar surface area (TPSA) is 92.8 Å². The lowest BCUT2D eigenvalue weighted by atomic mass is 9.81. The number of aryl methyl sites for hydroxylation is 2. The molecule has 1 saturated heterocycles. The normalized spacial score (nSPS) is 32.2. The molecule has 9 heteroatoms. The van der Waals surface area contributed by atoms with Gasteiger partial charge in [-0.3, -0.25) is 19.3 Å². The van der Waals surface area contributed by atoms with E-state index in [0.717, 1.165) is 22.4 Å². The first kappa shape index (κ1) is 22.5. The maximum Gasteiger partial charge on any atom is 0.329 e.